The molecular formula is C45H30. The van der Waals surface area contributed by atoms with E-state index in [1.165, 1.54) is 98.4 Å². The van der Waals surface area contributed by atoms with Crippen LogP contribution in [0.2, 0.25) is 0 Å². The van der Waals surface area contributed by atoms with Gasteiger partial charge < -0.3 is 0 Å². The van der Waals surface area contributed by atoms with E-state index in [9.17, 15) is 0 Å². The second-order valence-corrected chi connectivity index (χ2v) is 13.3. The van der Waals surface area contributed by atoms with Gasteiger partial charge in [0.1, 0.15) is 0 Å². The lowest BCUT2D eigenvalue weighted by molar-refractivity contribution is 0.666. The lowest BCUT2D eigenvalue weighted by atomic mass is 9.78. The Bertz CT molecular complexity index is 2600. The summed E-state index contributed by atoms with van der Waals surface area (Å²) in [6, 6.07) is 54.7. The first-order chi connectivity index (χ1) is 22.1. The van der Waals surface area contributed by atoms with Crippen LogP contribution in [0.5, 0.6) is 0 Å². The zero-order chi connectivity index (χ0) is 29.9. The van der Waals surface area contributed by atoms with Crippen molar-refractivity contribution in [1.29, 1.82) is 0 Å². The molecule has 0 bridgehead atoms. The molecule has 9 aromatic rings. The van der Waals surface area contributed by atoms with E-state index < -0.39 is 0 Å². The van der Waals surface area contributed by atoms with E-state index in [4.69, 9.17) is 0 Å². The van der Waals surface area contributed by atoms with Crippen LogP contribution in [0.25, 0.3) is 87.2 Å². The summed E-state index contributed by atoms with van der Waals surface area (Å²) >= 11 is 0. The zero-order valence-corrected chi connectivity index (χ0v) is 25.4. The molecule has 0 N–H and O–H groups in total. The van der Waals surface area contributed by atoms with Crippen molar-refractivity contribution in [2.45, 2.75) is 19.3 Å². The van der Waals surface area contributed by atoms with Crippen LogP contribution in [0, 0.1) is 0 Å². The molecule has 0 aromatic heterocycles. The van der Waals surface area contributed by atoms with E-state index in [2.05, 4.69) is 159 Å². The third-order valence-corrected chi connectivity index (χ3v) is 10.5. The number of benzene rings is 9. The predicted octanol–water partition coefficient (Wildman–Crippen LogP) is 12.5. The molecule has 10 rings (SSSR count). The van der Waals surface area contributed by atoms with Crippen molar-refractivity contribution in [1.82, 2.24) is 0 Å². The molecule has 9 aromatic carbocycles. The lowest BCUT2D eigenvalue weighted by Crippen LogP contribution is -2.15. The van der Waals surface area contributed by atoms with E-state index in [1.54, 1.807) is 0 Å². The normalized spacial score (nSPS) is 13.7. The van der Waals surface area contributed by atoms with Crippen LogP contribution < -0.4 is 0 Å². The average Bonchev–Trinajstić information content (AvgIpc) is 3.33. The number of fused-ring (bicyclic) bond motifs is 6. The SMILES string of the molecule is CC1(C)c2ccccc2-c2c(-c3cccc4ccccc34)cc3ccc(-c4cc5ccc6cccc7ccc(c4)c5c67)cc3c21. The van der Waals surface area contributed by atoms with Crippen LogP contribution in [0.3, 0.4) is 0 Å². The van der Waals surface area contributed by atoms with Gasteiger partial charge in [-0.05, 0) is 123 Å². The minimum atomic E-state index is -0.128. The number of hydrogen-bond acceptors (Lipinski definition) is 0. The van der Waals surface area contributed by atoms with E-state index in [0.29, 0.717) is 0 Å². The quantitative estimate of drug-likeness (QED) is 0.181. The van der Waals surface area contributed by atoms with Crippen LogP contribution in [0.15, 0.2) is 146 Å². The molecule has 0 fully saturated rings. The Labute approximate surface area is 262 Å². The first kappa shape index (κ1) is 24.9. The van der Waals surface area contributed by atoms with Crippen molar-refractivity contribution in [3.05, 3.63) is 157 Å². The van der Waals surface area contributed by atoms with Gasteiger partial charge in [-0.15, -0.1) is 0 Å². The molecular weight excluding hydrogens is 540 g/mol. The van der Waals surface area contributed by atoms with Crippen molar-refractivity contribution < 1.29 is 0 Å². The number of rotatable bonds is 2. The van der Waals surface area contributed by atoms with Gasteiger partial charge in [0.25, 0.3) is 0 Å². The molecule has 0 aliphatic heterocycles. The third-order valence-electron chi connectivity index (χ3n) is 10.5. The largest absolute Gasteiger partial charge is 0.0619 e. The Balaban J connectivity index is 1.27. The summed E-state index contributed by atoms with van der Waals surface area (Å²) in [6.45, 7) is 4.81. The molecule has 0 radical (unpaired) electrons. The average molecular weight is 571 g/mol. The van der Waals surface area contributed by atoms with E-state index in [1.807, 2.05) is 0 Å². The summed E-state index contributed by atoms with van der Waals surface area (Å²) in [5.74, 6) is 0. The summed E-state index contributed by atoms with van der Waals surface area (Å²) in [4.78, 5) is 0. The first-order valence-electron chi connectivity index (χ1n) is 15.9. The van der Waals surface area contributed by atoms with Gasteiger partial charge in [0.15, 0.2) is 0 Å². The molecule has 0 nitrogen and oxygen atoms in total. The molecule has 0 heterocycles. The van der Waals surface area contributed by atoms with Gasteiger partial charge in [-0.25, -0.2) is 0 Å². The van der Waals surface area contributed by atoms with Crippen LogP contribution >= 0.6 is 0 Å². The first-order valence-corrected chi connectivity index (χ1v) is 15.9. The summed E-state index contributed by atoms with van der Waals surface area (Å²) in [6.07, 6.45) is 0. The molecule has 0 heteroatoms. The molecule has 0 amide bonds. The van der Waals surface area contributed by atoms with Gasteiger partial charge in [0.05, 0.1) is 0 Å². The second kappa shape index (κ2) is 8.80. The molecule has 0 saturated heterocycles. The fourth-order valence-electron chi connectivity index (χ4n) is 8.48. The standard InChI is InChI=1S/C45H30/c1-45(2)40-16-6-5-14-37(40)43-39(36-15-8-10-27-9-3-4-13-35(27)36)26-31-20-19-30(25-38(31)44(43)45)34-23-32-21-17-28-11-7-12-29-18-22-33(24-34)42(32)41(28)29/h3-26H,1-2H3. The molecule has 1 aliphatic carbocycles. The van der Waals surface area contributed by atoms with Crippen molar-refractivity contribution in [2.75, 3.05) is 0 Å². The third kappa shape index (κ3) is 3.37. The smallest absolute Gasteiger partial charge is 0.0165 e. The Kier molecular flexibility index (Phi) is 4.88. The second-order valence-electron chi connectivity index (χ2n) is 13.3. The van der Waals surface area contributed by atoms with Crippen LogP contribution in [0.1, 0.15) is 25.0 Å². The van der Waals surface area contributed by atoms with Crippen molar-refractivity contribution in [3.8, 4) is 33.4 Å². The van der Waals surface area contributed by atoms with Crippen molar-refractivity contribution >= 4 is 53.9 Å². The Morgan fingerprint density at radius 1 is 0.378 bits per heavy atom. The summed E-state index contributed by atoms with van der Waals surface area (Å²) in [5.41, 5.74) is 10.6. The van der Waals surface area contributed by atoms with Crippen molar-refractivity contribution in [2.24, 2.45) is 0 Å². The molecule has 0 saturated carbocycles. The lowest BCUT2D eigenvalue weighted by Gasteiger charge is -2.24. The Morgan fingerprint density at radius 3 is 1.80 bits per heavy atom. The zero-order valence-electron chi connectivity index (χ0n) is 25.4. The maximum Gasteiger partial charge on any atom is 0.0165 e. The van der Waals surface area contributed by atoms with Gasteiger partial charge in [-0.2, -0.15) is 0 Å². The fourth-order valence-corrected chi connectivity index (χ4v) is 8.48. The van der Waals surface area contributed by atoms with Crippen LogP contribution in [0.4, 0.5) is 0 Å². The van der Waals surface area contributed by atoms with Gasteiger partial charge >= 0.3 is 0 Å². The molecule has 0 spiro atoms. The minimum absolute atomic E-state index is 0.128. The Hall–Kier alpha value is -5.46. The molecule has 45 heavy (non-hydrogen) atoms. The molecule has 210 valence electrons. The van der Waals surface area contributed by atoms with E-state index in [0.717, 1.165) is 0 Å². The highest BCUT2D eigenvalue weighted by atomic mass is 14.4. The van der Waals surface area contributed by atoms with E-state index >= 15 is 0 Å². The van der Waals surface area contributed by atoms with Crippen LogP contribution in [-0.4, -0.2) is 0 Å². The highest BCUT2D eigenvalue weighted by Crippen LogP contribution is 2.55. The maximum atomic E-state index is 2.46. The minimum Gasteiger partial charge on any atom is -0.0619 e. The summed E-state index contributed by atoms with van der Waals surface area (Å²) < 4.78 is 0. The van der Waals surface area contributed by atoms with Crippen LogP contribution in [-0.2, 0) is 5.41 Å². The Morgan fingerprint density at radius 2 is 0.978 bits per heavy atom. The highest BCUT2D eigenvalue weighted by molar-refractivity contribution is 6.24. The fraction of sp³-hybridized carbons (Fsp3) is 0.0667. The van der Waals surface area contributed by atoms with Gasteiger partial charge in [-0.3, -0.25) is 0 Å². The molecule has 0 unspecified atom stereocenters. The molecule has 1 aliphatic rings. The monoisotopic (exact) mass is 570 g/mol. The summed E-state index contributed by atoms with van der Waals surface area (Å²) in [5, 5.41) is 13.2. The van der Waals surface area contributed by atoms with Crippen molar-refractivity contribution in [3.63, 3.8) is 0 Å². The molecule has 0 atom stereocenters. The van der Waals surface area contributed by atoms with Gasteiger partial charge in [-0.1, -0.05) is 135 Å². The maximum absolute atomic E-state index is 2.46. The topological polar surface area (TPSA) is 0 Å². The van der Waals surface area contributed by atoms with E-state index in [-0.39, 0.29) is 5.41 Å². The number of hydrogen-bond donors (Lipinski definition) is 0. The summed E-state index contributed by atoms with van der Waals surface area (Å²) in [7, 11) is 0. The van der Waals surface area contributed by atoms with Gasteiger partial charge in [0, 0.05) is 5.41 Å². The highest BCUT2D eigenvalue weighted by Gasteiger charge is 2.38. The van der Waals surface area contributed by atoms with Gasteiger partial charge in [0.2, 0.25) is 0 Å². The predicted molar refractivity (Wildman–Crippen MR) is 194 cm³/mol.